The minimum absolute atomic E-state index is 0.0598. The maximum Gasteiger partial charge on any atom is 0.299 e. The quantitative estimate of drug-likeness (QED) is 0.458. The number of rotatable bonds is 7. The lowest BCUT2D eigenvalue weighted by molar-refractivity contribution is -0.393. The summed E-state index contributed by atoms with van der Waals surface area (Å²) in [6.45, 7) is 1.89. The zero-order valence-electron chi connectivity index (χ0n) is 13.8. The number of non-ortho nitro benzene ring substituents is 1. The molecular weight excluding hydrogens is 342 g/mol. The SMILES string of the molecule is Cc1ccc(C(=O)CCC(=O)Nc2ccc([N+](=O)[O-])cc2[N+](=O)[O-])cc1. The van der Waals surface area contributed by atoms with Crippen molar-refractivity contribution in [2.75, 3.05) is 5.32 Å². The van der Waals surface area contributed by atoms with Gasteiger partial charge in [0.2, 0.25) is 5.91 Å². The molecule has 0 aromatic heterocycles. The highest BCUT2D eigenvalue weighted by atomic mass is 16.6. The number of benzene rings is 2. The van der Waals surface area contributed by atoms with E-state index in [9.17, 15) is 29.8 Å². The third-order valence-corrected chi connectivity index (χ3v) is 3.62. The molecule has 0 aliphatic carbocycles. The Morgan fingerprint density at radius 3 is 2.19 bits per heavy atom. The van der Waals surface area contributed by atoms with Crippen molar-refractivity contribution in [1.82, 2.24) is 0 Å². The van der Waals surface area contributed by atoms with Crippen molar-refractivity contribution < 1.29 is 19.4 Å². The Kier molecular flexibility index (Phi) is 5.74. The van der Waals surface area contributed by atoms with Crippen LogP contribution in [0.2, 0.25) is 0 Å². The first kappa shape index (κ1) is 18.7. The van der Waals surface area contributed by atoms with E-state index in [2.05, 4.69) is 5.32 Å². The summed E-state index contributed by atoms with van der Waals surface area (Å²) < 4.78 is 0. The van der Waals surface area contributed by atoms with E-state index in [4.69, 9.17) is 0 Å². The van der Waals surface area contributed by atoms with Gasteiger partial charge in [-0.3, -0.25) is 29.8 Å². The number of hydrogen-bond acceptors (Lipinski definition) is 6. The number of carbonyl (C=O) groups excluding carboxylic acids is 2. The summed E-state index contributed by atoms with van der Waals surface area (Å²) in [6.07, 6.45) is -0.226. The fourth-order valence-electron chi connectivity index (χ4n) is 2.21. The summed E-state index contributed by atoms with van der Waals surface area (Å²) in [4.78, 5) is 44.2. The largest absolute Gasteiger partial charge is 0.320 e. The predicted molar refractivity (Wildman–Crippen MR) is 93.1 cm³/mol. The van der Waals surface area contributed by atoms with E-state index in [0.717, 1.165) is 23.8 Å². The lowest BCUT2D eigenvalue weighted by Gasteiger charge is -2.06. The van der Waals surface area contributed by atoms with Crippen molar-refractivity contribution in [3.8, 4) is 0 Å². The zero-order valence-corrected chi connectivity index (χ0v) is 13.8. The molecule has 26 heavy (non-hydrogen) atoms. The molecule has 9 heteroatoms. The highest BCUT2D eigenvalue weighted by Crippen LogP contribution is 2.29. The van der Waals surface area contributed by atoms with Crippen molar-refractivity contribution >= 4 is 28.8 Å². The molecule has 2 aromatic rings. The minimum atomic E-state index is -0.819. The highest BCUT2D eigenvalue weighted by molar-refractivity contribution is 6.00. The molecule has 0 saturated carbocycles. The molecule has 0 spiro atoms. The average molecular weight is 357 g/mol. The molecule has 0 bridgehead atoms. The van der Waals surface area contributed by atoms with Gasteiger partial charge in [-0.25, -0.2) is 0 Å². The van der Waals surface area contributed by atoms with Gasteiger partial charge in [-0.2, -0.15) is 0 Å². The first-order valence-electron chi connectivity index (χ1n) is 7.60. The van der Waals surface area contributed by atoms with Gasteiger partial charge in [-0.1, -0.05) is 29.8 Å². The van der Waals surface area contributed by atoms with Gasteiger partial charge < -0.3 is 5.32 Å². The molecule has 1 amide bonds. The maximum atomic E-state index is 12.0. The molecule has 0 heterocycles. The smallest absolute Gasteiger partial charge is 0.299 e. The van der Waals surface area contributed by atoms with E-state index >= 15 is 0 Å². The number of ketones is 1. The van der Waals surface area contributed by atoms with E-state index in [1.165, 1.54) is 0 Å². The summed E-state index contributed by atoms with van der Waals surface area (Å²) in [5, 5.41) is 24.1. The van der Waals surface area contributed by atoms with Crippen LogP contribution >= 0.6 is 0 Å². The van der Waals surface area contributed by atoms with Gasteiger partial charge >= 0.3 is 0 Å². The van der Waals surface area contributed by atoms with Gasteiger partial charge in [0.1, 0.15) is 5.69 Å². The van der Waals surface area contributed by atoms with Crippen LogP contribution in [0.1, 0.15) is 28.8 Å². The fourth-order valence-corrected chi connectivity index (χ4v) is 2.21. The fraction of sp³-hybridized carbons (Fsp3) is 0.176. The topological polar surface area (TPSA) is 132 Å². The molecule has 0 radical (unpaired) electrons. The van der Waals surface area contributed by atoms with Crippen LogP contribution in [0.5, 0.6) is 0 Å². The Hall–Kier alpha value is -3.62. The predicted octanol–water partition coefficient (Wildman–Crippen LogP) is 3.41. The van der Waals surface area contributed by atoms with Crippen LogP contribution in [0.25, 0.3) is 0 Å². The third-order valence-electron chi connectivity index (χ3n) is 3.62. The van der Waals surface area contributed by atoms with Crippen molar-refractivity contribution in [2.24, 2.45) is 0 Å². The number of nitrogens with one attached hydrogen (secondary N) is 1. The maximum absolute atomic E-state index is 12.0. The summed E-state index contributed by atoms with van der Waals surface area (Å²) in [6, 6.07) is 9.82. The number of aryl methyl sites for hydroxylation is 1. The lowest BCUT2D eigenvalue weighted by Crippen LogP contribution is -2.14. The monoisotopic (exact) mass is 357 g/mol. The van der Waals surface area contributed by atoms with E-state index in [-0.39, 0.29) is 24.3 Å². The van der Waals surface area contributed by atoms with Crippen LogP contribution in [-0.4, -0.2) is 21.5 Å². The molecule has 2 rings (SSSR count). The Bertz CT molecular complexity index is 877. The Balaban J connectivity index is 2.03. The number of nitrogens with zero attached hydrogens (tertiary/aromatic N) is 2. The van der Waals surface area contributed by atoms with Crippen molar-refractivity contribution in [2.45, 2.75) is 19.8 Å². The zero-order chi connectivity index (χ0) is 19.3. The first-order valence-corrected chi connectivity index (χ1v) is 7.60. The molecule has 0 aliphatic heterocycles. The number of Topliss-reactive ketones (excluding diaryl/α,β-unsaturated/α-hetero) is 1. The molecular formula is C17H15N3O6. The first-order chi connectivity index (χ1) is 12.3. The second-order valence-corrected chi connectivity index (χ2v) is 5.55. The van der Waals surface area contributed by atoms with Gasteiger partial charge in [0.15, 0.2) is 5.78 Å². The van der Waals surface area contributed by atoms with Crippen LogP contribution in [0.3, 0.4) is 0 Å². The Morgan fingerprint density at radius 2 is 1.62 bits per heavy atom. The van der Waals surface area contributed by atoms with Gasteiger partial charge in [0.25, 0.3) is 11.4 Å². The molecule has 0 unspecified atom stereocenters. The Morgan fingerprint density at radius 1 is 0.962 bits per heavy atom. The molecule has 1 N–H and O–H groups in total. The molecule has 0 atom stereocenters. The molecule has 9 nitrogen and oxygen atoms in total. The number of anilines is 1. The van der Waals surface area contributed by atoms with E-state index < -0.39 is 27.1 Å². The summed E-state index contributed by atoms with van der Waals surface area (Å²) >= 11 is 0. The van der Waals surface area contributed by atoms with Crippen LogP contribution in [0, 0.1) is 27.2 Å². The summed E-state index contributed by atoms with van der Waals surface area (Å²) in [5.74, 6) is -0.819. The number of carbonyl (C=O) groups is 2. The van der Waals surface area contributed by atoms with Crippen LogP contribution in [-0.2, 0) is 4.79 Å². The van der Waals surface area contributed by atoms with Crippen molar-refractivity contribution in [3.63, 3.8) is 0 Å². The highest BCUT2D eigenvalue weighted by Gasteiger charge is 2.21. The van der Waals surface area contributed by atoms with E-state index in [0.29, 0.717) is 5.56 Å². The molecule has 0 aliphatic rings. The number of hydrogen-bond donors (Lipinski definition) is 1. The second-order valence-electron chi connectivity index (χ2n) is 5.55. The van der Waals surface area contributed by atoms with Crippen LogP contribution in [0.15, 0.2) is 42.5 Å². The van der Waals surface area contributed by atoms with Crippen LogP contribution < -0.4 is 5.32 Å². The van der Waals surface area contributed by atoms with Crippen LogP contribution in [0.4, 0.5) is 17.1 Å². The normalized spacial score (nSPS) is 10.2. The minimum Gasteiger partial charge on any atom is -0.320 e. The second kappa shape index (κ2) is 7.97. The molecule has 2 aromatic carbocycles. The average Bonchev–Trinajstić information content (AvgIpc) is 2.60. The number of nitro benzene ring substituents is 2. The summed E-state index contributed by atoms with van der Waals surface area (Å²) in [7, 11) is 0. The van der Waals surface area contributed by atoms with E-state index in [1.807, 2.05) is 6.92 Å². The standard InChI is InChI=1S/C17H15N3O6/c1-11-2-4-12(5-3-11)16(21)8-9-17(22)18-14-7-6-13(19(23)24)10-15(14)20(25)26/h2-7,10H,8-9H2,1H3,(H,18,22). The van der Waals surface area contributed by atoms with Gasteiger partial charge in [-0.15, -0.1) is 0 Å². The number of nitro groups is 2. The molecule has 0 fully saturated rings. The molecule has 0 saturated heterocycles. The molecule has 134 valence electrons. The number of amides is 1. The van der Waals surface area contributed by atoms with Crippen molar-refractivity contribution in [3.05, 3.63) is 73.8 Å². The summed E-state index contributed by atoms with van der Waals surface area (Å²) in [5.41, 5.74) is 0.282. The lowest BCUT2D eigenvalue weighted by atomic mass is 10.0. The van der Waals surface area contributed by atoms with E-state index in [1.54, 1.807) is 24.3 Å². The van der Waals surface area contributed by atoms with Gasteiger partial charge in [-0.05, 0) is 13.0 Å². The van der Waals surface area contributed by atoms with Gasteiger partial charge in [0, 0.05) is 24.5 Å². The Labute approximate surface area is 147 Å². The van der Waals surface area contributed by atoms with Gasteiger partial charge in [0.05, 0.1) is 15.9 Å². The third kappa shape index (κ3) is 4.69. The van der Waals surface area contributed by atoms with Crippen molar-refractivity contribution in [1.29, 1.82) is 0 Å².